The predicted molar refractivity (Wildman–Crippen MR) is 137 cm³/mol. The van der Waals surface area contributed by atoms with Crippen molar-refractivity contribution in [3.8, 4) is 17.2 Å². The van der Waals surface area contributed by atoms with Crippen LogP contribution in [0, 0.1) is 0 Å². The summed E-state index contributed by atoms with van der Waals surface area (Å²) in [5, 5.41) is 15.8. The standard InChI is InChI=1S/C28H34N2O4/c1-2-3-8-17-32-25-13-6-7-14-26(25)33-18-16-29-19-21(31)20-34-27-15-9-12-24-28(27)22-10-4-5-11-23(22)30-24/h4-7,9-15,21,29-31H,2-3,8,16-20H2,1H3. The summed E-state index contributed by atoms with van der Waals surface area (Å²) in [7, 11) is 0. The molecule has 180 valence electrons. The number of rotatable bonds is 14. The van der Waals surface area contributed by atoms with Gasteiger partial charge in [-0.3, -0.25) is 0 Å². The number of fused-ring (bicyclic) bond motifs is 3. The molecule has 1 heterocycles. The maximum atomic E-state index is 10.4. The van der Waals surface area contributed by atoms with Gasteiger partial charge in [-0.15, -0.1) is 0 Å². The number of unbranched alkanes of at least 4 members (excludes halogenated alkanes) is 2. The number of benzene rings is 3. The lowest BCUT2D eigenvalue weighted by Crippen LogP contribution is -2.33. The van der Waals surface area contributed by atoms with Crippen molar-refractivity contribution in [2.45, 2.75) is 32.3 Å². The van der Waals surface area contributed by atoms with Crippen molar-refractivity contribution >= 4 is 21.8 Å². The summed E-state index contributed by atoms with van der Waals surface area (Å²) in [6.07, 6.45) is 2.74. The maximum absolute atomic E-state index is 10.4. The monoisotopic (exact) mass is 462 g/mol. The van der Waals surface area contributed by atoms with Crippen LogP contribution in [0.25, 0.3) is 21.8 Å². The summed E-state index contributed by atoms with van der Waals surface area (Å²) in [5.74, 6) is 2.29. The smallest absolute Gasteiger partial charge is 0.161 e. The van der Waals surface area contributed by atoms with Gasteiger partial charge < -0.3 is 29.6 Å². The summed E-state index contributed by atoms with van der Waals surface area (Å²) in [4.78, 5) is 3.41. The number of ether oxygens (including phenoxy) is 3. The first-order valence-electron chi connectivity index (χ1n) is 12.1. The topological polar surface area (TPSA) is 75.7 Å². The van der Waals surface area contributed by atoms with Crippen molar-refractivity contribution in [1.29, 1.82) is 0 Å². The highest BCUT2D eigenvalue weighted by Crippen LogP contribution is 2.33. The molecule has 34 heavy (non-hydrogen) atoms. The Hall–Kier alpha value is -3.22. The zero-order valence-electron chi connectivity index (χ0n) is 19.8. The molecule has 0 amide bonds. The Labute approximate surface area is 200 Å². The van der Waals surface area contributed by atoms with Crippen LogP contribution in [0.4, 0.5) is 0 Å². The Morgan fingerprint density at radius 2 is 1.50 bits per heavy atom. The number of aromatic nitrogens is 1. The van der Waals surface area contributed by atoms with Crippen molar-refractivity contribution in [1.82, 2.24) is 10.3 Å². The van der Waals surface area contributed by atoms with Gasteiger partial charge in [-0.25, -0.2) is 0 Å². The van der Waals surface area contributed by atoms with Crippen LogP contribution >= 0.6 is 0 Å². The molecule has 0 radical (unpaired) electrons. The molecule has 4 aromatic rings. The average Bonchev–Trinajstić information content (AvgIpc) is 3.25. The van der Waals surface area contributed by atoms with Gasteiger partial charge in [0.1, 0.15) is 25.1 Å². The highest BCUT2D eigenvalue weighted by molar-refractivity contribution is 6.10. The lowest BCUT2D eigenvalue weighted by Gasteiger charge is -2.15. The third-order valence-corrected chi connectivity index (χ3v) is 5.69. The Morgan fingerprint density at radius 1 is 0.794 bits per heavy atom. The minimum atomic E-state index is -0.630. The van der Waals surface area contributed by atoms with Crippen LogP contribution in [0.2, 0.25) is 0 Å². The van der Waals surface area contributed by atoms with Crippen molar-refractivity contribution in [2.24, 2.45) is 0 Å². The van der Waals surface area contributed by atoms with Gasteiger partial charge in [-0.05, 0) is 36.8 Å². The fraction of sp³-hybridized carbons (Fsp3) is 0.357. The molecule has 0 fully saturated rings. The van der Waals surface area contributed by atoms with Crippen LogP contribution in [0.3, 0.4) is 0 Å². The summed E-state index contributed by atoms with van der Waals surface area (Å²) in [6.45, 7) is 4.60. The maximum Gasteiger partial charge on any atom is 0.161 e. The van der Waals surface area contributed by atoms with Gasteiger partial charge in [0, 0.05) is 29.4 Å². The molecule has 0 bridgehead atoms. The molecular formula is C28H34N2O4. The minimum Gasteiger partial charge on any atom is -0.490 e. The SMILES string of the molecule is CCCCCOc1ccccc1OCCNCC(O)COc1cccc2[nH]c3ccccc3c12. The Morgan fingerprint density at radius 3 is 2.32 bits per heavy atom. The first kappa shape index (κ1) is 23.9. The summed E-state index contributed by atoms with van der Waals surface area (Å²) in [6, 6.07) is 21.8. The largest absolute Gasteiger partial charge is 0.490 e. The van der Waals surface area contributed by atoms with Crippen molar-refractivity contribution in [3.63, 3.8) is 0 Å². The van der Waals surface area contributed by atoms with Gasteiger partial charge in [0.05, 0.1) is 12.1 Å². The number of hydrogen-bond acceptors (Lipinski definition) is 5. The quantitative estimate of drug-likeness (QED) is 0.222. The molecule has 0 aliphatic heterocycles. The van der Waals surface area contributed by atoms with Crippen molar-refractivity contribution in [3.05, 3.63) is 66.7 Å². The van der Waals surface area contributed by atoms with E-state index in [1.54, 1.807) is 0 Å². The van der Waals surface area contributed by atoms with Gasteiger partial charge in [0.2, 0.25) is 0 Å². The molecular weight excluding hydrogens is 428 g/mol. The van der Waals surface area contributed by atoms with Crippen LogP contribution in [0.1, 0.15) is 26.2 Å². The average molecular weight is 463 g/mol. The molecule has 0 aliphatic carbocycles. The van der Waals surface area contributed by atoms with Crippen LogP contribution in [-0.2, 0) is 0 Å². The van der Waals surface area contributed by atoms with E-state index in [1.165, 1.54) is 6.42 Å². The molecule has 4 rings (SSSR count). The van der Waals surface area contributed by atoms with E-state index >= 15 is 0 Å². The van der Waals surface area contributed by atoms with E-state index in [1.807, 2.05) is 54.6 Å². The zero-order chi connectivity index (χ0) is 23.6. The highest BCUT2D eigenvalue weighted by atomic mass is 16.5. The molecule has 0 saturated carbocycles. The van der Waals surface area contributed by atoms with Gasteiger partial charge >= 0.3 is 0 Å². The van der Waals surface area contributed by atoms with Gasteiger partial charge in [0.25, 0.3) is 0 Å². The summed E-state index contributed by atoms with van der Waals surface area (Å²) in [5.41, 5.74) is 2.10. The fourth-order valence-electron chi connectivity index (χ4n) is 3.96. The molecule has 1 unspecified atom stereocenters. The highest BCUT2D eigenvalue weighted by Gasteiger charge is 2.11. The van der Waals surface area contributed by atoms with Crippen LogP contribution in [0.15, 0.2) is 66.7 Å². The van der Waals surface area contributed by atoms with E-state index in [0.717, 1.165) is 51.9 Å². The second-order valence-electron chi connectivity index (χ2n) is 8.37. The van der Waals surface area contributed by atoms with E-state index in [2.05, 4.69) is 29.4 Å². The minimum absolute atomic E-state index is 0.209. The number of nitrogens with one attached hydrogen (secondary N) is 2. The van der Waals surface area contributed by atoms with E-state index in [9.17, 15) is 5.11 Å². The Kier molecular flexibility index (Phi) is 8.65. The molecule has 0 spiro atoms. The molecule has 3 N–H and O–H groups in total. The van der Waals surface area contributed by atoms with E-state index in [0.29, 0.717) is 26.3 Å². The fourth-order valence-corrected chi connectivity index (χ4v) is 3.96. The zero-order valence-corrected chi connectivity index (χ0v) is 19.8. The number of aliphatic hydroxyl groups is 1. The number of aliphatic hydroxyl groups excluding tert-OH is 1. The number of para-hydroxylation sites is 3. The molecule has 0 aliphatic rings. The van der Waals surface area contributed by atoms with Crippen molar-refractivity contribution in [2.75, 3.05) is 32.9 Å². The third-order valence-electron chi connectivity index (χ3n) is 5.69. The second-order valence-corrected chi connectivity index (χ2v) is 8.37. The summed E-state index contributed by atoms with van der Waals surface area (Å²) < 4.78 is 17.7. The molecule has 0 saturated heterocycles. The van der Waals surface area contributed by atoms with Gasteiger partial charge in [-0.2, -0.15) is 0 Å². The second kappa shape index (κ2) is 12.3. The van der Waals surface area contributed by atoms with Crippen LogP contribution in [0.5, 0.6) is 17.2 Å². The molecule has 1 aromatic heterocycles. The van der Waals surface area contributed by atoms with Gasteiger partial charge in [0.15, 0.2) is 11.5 Å². The molecule has 6 nitrogen and oxygen atoms in total. The first-order chi connectivity index (χ1) is 16.8. The summed E-state index contributed by atoms with van der Waals surface area (Å²) >= 11 is 0. The van der Waals surface area contributed by atoms with E-state index in [4.69, 9.17) is 14.2 Å². The molecule has 6 heteroatoms. The normalized spacial score (nSPS) is 12.2. The Balaban J connectivity index is 1.20. The first-order valence-corrected chi connectivity index (χ1v) is 12.1. The number of H-pyrrole nitrogens is 1. The predicted octanol–water partition coefficient (Wildman–Crippen LogP) is 5.30. The molecule has 1 atom stereocenters. The Bertz CT molecular complexity index is 1170. The van der Waals surface area contributed by atoms with Crippen LogP contribution in [-0.4, -0.2) is 49.1 Å². The lowest BCUT2D eigenvalue weighted by molar-refractivity contribution is 0.106. The van der Waals surface area contributed by atoms with E-state index < -0.39 is 6.10 Å². The number of aromatic amines is 1. The number of hydrogen-bond donors (Lipinski definition) is 3. The third kappa shape index (κ3) is 6.22. The van der Waals surface area contributed by atoms with Crippen LogP contribution < -0.4 is 19.5 Å². The van der Waals surface area contributed by atoms with Gasteiger partial charge in [-0.1, -0.05) is 56.2 Å². The van der Waals surface area contributed by atoms with Crippen molar-refractivity contribution < 1.29 is 19.3 Å². The van der Waals surface area contributed by atoms with E-state index in [-0.39, 0.29) is 6.61 Å². The molecule has 3 aromatic carbocycles. The lowest BCUT2D eigenvalue weighted by atomic mass is 10.1.